The summed E-state index contributed by atoms with van der Waals surface area (Å²) in [5, 5.41) is 10.9. The Labute approximate surface area is 232 Å². The molecule has 4 aromatic rings. The molecule has 0 atom stereocenters. The summed E-state index contributed by atoms with van der Waals surface area (Å²) in [6.07, 6.45) is 1.08. The molecular weight excluding hydrogens is 588 g/mol. The fraction of sp³-hybridized carbons (Fsp3) is 0.148. The highest BCUT2D eigenvalue weighted by Crippen LogP contribution is 2.32. The quantitative estimate of drug-likeness (QED) is 0.263. The molecule has 12 heteroatoms. The van der Waals surface area contributed by atoms with Crippen molar-refractivity contribution in [3.8, 4) is 17.3 Å². The van der Waals surface area contributed by atoms with Gasteiger partial charge in [-0.3, -0.25) is 19.5 Å². The van der Waals surface area contributed by atoms with Crippen LogP contribution < -0.4 is 20.7 Å². The highest BCUT2D eigenvalue weighted by Gasteiger charge is 2.19. The van der Waals surface area contributed by atoms with Gasteiger partial charge >= 0.3 is 5.69 Å². The van der Waals surface area contributed by atoms with Gasteiger partial charge in [0.25, 0.3) is 15.6 Å². The standard InChI is InChI=1S/C27H25BrN4O6S/c1-15-7-5-6-8-21(15)31-39(36,37)18-9-10-22(24(13-18)38-4)29-14-19-25(33)30-27(35)32(26(19)34)23-12-17(3)16(2)11-20(23)28/h5-14,31,34H,1-4H3,(H,30,33,35). The van der Waals surface area contributed by atoms with Gasteiger partial charge in [0.1, 0.15) is 17.0 Å². The molecule has 10 nitrogen and oxygen atoms in total. The van der Waals surface area contributed by atoms with Gasteiger partial charge in [-0.15, -0.1) is 0 Å². The first-order chi connectivity index (χ1) is 18.4. The van der Waals surface area contributed by atoms with Crippen LogP contribution in [0.1, 0.15) is 22.3 Å². The zero-order chi connectivity index (χ0) is 28.5. The molecule has 3 N–H and O–H groups in total. The van der Waals surface area contributed by atoms with Gasteiger partial charge in [0, 0.05) is 16.8 Å². The number of hydrogen-bond donors (Lipinski definition) is 3. The first-order valence-corrected chi connectivity index (χ1v) is 13.9. The highest BCUT2D eigenvalue weighted by atomic mass is 79.9. The third-order valence-corrected chi connectivity index (χ3v) is 8.11. The van der Waals surface area contributed by atoms with Gasteiger partial charge in [-0.2, -0.15) is 0 Å². The summed E-state index contributed by atoms with van der Waals surface area (Å²) in [5.41, 5.74) is 1.61. The van der Waals surface area contributed by atoms with Gasteiger partial charge in [0.15, 0.2) is 0 Å². The van der Waals surface area contributed by atoms with Crippen LogP contribution in [0.2, 0.25) is 0 Å². The number of methoxy groups -OCH3 is 1. The van der Waals surface area contributed by atoms with E-state index in [1.807, 2.05) is 13.8 Å². The molecular formula is C27H25BrN4O6S. The number of halogens is 1. The van der Waals surface area contributed by atoms with Crippen molar-refractivity contribution in [2.24, 2.45) is 4.99 Å². The number of aryl methyl sites for hydroxylation is 3. The van der Waals surface area contributed by atoms with Crippen molar-refractivity contribution < 1.29 is 18.3 Å². The summed E-state index contributed by atoms with van der Waals surface area (Å²) in [7, 11) is -2.59. The number of aromatic nitrogens is 2. The number of sulfonamides is 1. The van der Waals surface area contributed by atoms with Crippen molar-refractivity contribution in [1.82, 2.24) is 9.55 Å². The van der Waals surface area contributed by atoms with Crippen molar-refractivity contribution in [3.05, 3.63) is 102 Å². The molecule has 0 spiro atoms. The lowest BCUT2D eigenvalue weighted by molar-refractivity contribution is 0.415. The molecule has 1 aromatic heterocycles. The monoisotopic (exact) mass is 612 g/mol. The van der Waals surface area contributed by atoms with E-state index in [0.29, 0.717) is 15.8 Å². The Bertz CT molecular complexity index is 1840. The van der Waals surface area contributed by atoms with E-state index >= 15 is 0 Å². The summed E-state index contributed by atoms with van der Waals surface area (Å²) in [6, 6.07) is 14.5. The fourth-order valence-electron chi connectivity index (χ4n) is 3.77. The van der Waals surface area contributed by atoms with Crippen molar-refractivity contribution in [2.75, 3.05) is 11.8 Å². The van der Waals surface area contributed by atoms with E-state index in [-0.39, 0.29) is 21.9 Å². The van der Waals surface area contributed by atoms with Crippen LogP contribution in [0.3, 0.4) is 0 Å². The first kappa shape index (κ1) is 27.9. The lowest BCUT2D eigenvalue weighted by Crippen LogP contribution is -2.31. The predicted octanol–water partition coefficient (Wildman–Crippen LogP) is 4.48. The Kier molecular flexibility index (Phi) is 7.79. The number of para-hydroxylation sites is 1. The van der Waals surface area contributed by atoms with E-state index in [2.05, 4.69) is 30.6 Å². The van der Waals surface area contributed by atoms with E-state index in [1.54, 1.807) is 43.3 Å². The minimum absolute atomic E-state index is 0.0598. The summed E-state index contributed by atoms with van der Waals surface area (Å²) < 4.78 is 35.3. The van der Waals surface area contributed by atoms with Crippen molar-refractivity contribution in [1.29, 1.82) is 0 Å². The maximum absolute atomic E-state index is 13.0. The van der Waals surface area contributed by atoms with E-state index in [4.69, 9.17) is 4.74 Å². The highest BCUT2D eigenvalue weighted by molar-refractivity contribution is 9.10. The van der Waals surface area contributed by atoms with Gasteiger partial charge < -0.3 is 9.84 Å². The smallest absolute Gasteiger partial charge is 0.335 e. The molecule has 0 amide bonds. The van der Waals surface area contributed by atoms with Crippen LogP contribution in [0.15, 0.2) is 78.5 Å². The van der Waals surface area contributed by atoms with Gasteiger partial charge in [-0.05, 0) is 83.7 Å². The number of ether oxygens (including phenoxy) is 1. The number of hydrogen-bond acceptors (Lipinski definition) is 7. The molecule has 39 heavy (non-hydrogen) atoms. The Morgan fingerprint density at radius 2 is 1.72 bits per heavy atom. The minimum Gasteiger partial charge on any atom is -0.494 e. The molecule has 0 fully saturated rings. The second-order valence-corrected chi connectivity index (χ2v) is 11.3. The van der Waals surface area contributed by atoms with Gasteiger partial charge in [-0.25, -0.2) is 17.8 Å². The van der Waals surface area contributed by atoms with Crippen LogP contribution in [0.5, 0.6) is 11.6 Å². The Hall–Kier alpha value is -4.16. The largest absolute Gasteiger partial charge is 0.494 e. The van der Waals surface area contributed by atoms with Crippen LogP contribution in [0, 0.1) is 20.8 Å². The molecule has 0 saturated carbocycles. The second kappa shape index (κ2) is 10.9. The van der Waals surface area contributed by atoms with Gasteiger partial charge in [-0.1, -0.05) is 18.2 Å². The van der Waals surface area contributed by atoms with Crippen molar-refractivity contribution >= 4 is 43.5 Å². The molecule has 0 radical (unpaired) electrons. The average Bonchev–Trinajstić information content (AvgIpc) is 2.88. The Morgan fingerprint density at radius 3 is 2.41 bits per heavy atom. The lowest BCUT2D eigenvalue weighted by atomic mass is 10.1. The third kappa shape index (κ3) is 5.66. The number of aromatic hydroxyl groups is 1. The summed E-state index contributed by atoms with van der Waals surface area (Å²) >= 11 is 3.40. The van der Waals surface area contributed by atoms with Crippen LogP contribution in [-0.2, 0) is 10.0 Å². The fourth-order valence-corrected chi connectivity index (χ4v) is 5.55. The van der Waals surface area contributed by atoms with Crippen molar-refractivity contribution in [2.45, 2.75) is 25.7 Å². The maximum atomic E-state index is 13.0. The number of nitrogens with one attached hydrogen (secondary N) is 2. The number of nitrogens with zero attached hydrogens (tertiary/aromatic N) is 2. The molecule has 1 heterocycles. The first-order valence-electron chi connectivity index (χ1n) is 11.6. The number of anilines is 1. The van der Waals surface area contributed by atoms with E-state index < -0.39 is 27.2 Å². The van der Waals surface area contributed by atoms with Crippen LogP contribution in [0.25, 0.3) is 5.69 Å². The topological polar surface area (TPSA) is 143 Å². The van der Waals surface area contributed by atoms with Crippen LogP contribution >= 0.6 is 15.9 Å². The second-order valence-electron chi connectivity index (χ2n) is 8.73. The number of benzene rings is 3. The average molecular weight is 613 g/mol. The molecule has 0 unspecified atom stereocenters. The molecule has 0 aliphatic heterocycles. The minimum atomic E-state index is -3.94. The number of H-pyrrole nitrogens is 1. The normalized spacial score (nSPS) is 11.6. The zero-order valence-corrected chi connectivity index (χ0v) is 23.8. The van der Waals surface area contributed by atoms with Crippen molar-refractivity contribution in [3.63, 3.8) is 0 Å². The molecule has 0 bridgehead atoms. The summed E-state index contributed by atoms with van der Waals surface area (Å²) in [5.74, 6) is -0.503. The van der Waals surface area contributed by atoms with E-state index in [9.17, 15) is 23.1 Å². The van der Waals surface area contributed by atoms with E-state index in [1.165, 1.54) is 25.3 Å². The predicted molar refractivity (Wildman–Crippen MR) is 154 cm³/mol. The number of aliphatic imine (C=N–C) groups is 1. The van der Waals surface area contributed by atoms with E-state index in [0.717, 1.165) is 27.5 Å². The van der Waals surface area contributed by atoms with Gasteiger partial charge in [0.2, 0.25) is 5.88 Å². The molecule has 0 saturated heterocycles. The summed E-state index contributed by atoms with van der Waals surface area (Å²) in [4.78, 5) is 31.5. The maximum Gasteiger partial charge on any atom is 0.335 e. The molecule has 4 rings (SSSR count). The molecule has 202 valence electrons. The SMILES string of the molecule is COc1cc(S(=O)(=O)Nc2ccccc2C)ccc1N=Cc1c(O)n(-c2cc(C)c(C)cc2Br)c(=O)[nH]c1=O. The van der Waals surface area contributed by atoms with Crippen LogP contribution in [-0.4, -0.2) is 36.4 Å². The lowest BCUT2D eigenvalue weighted by Gasteiger charge is -2.14. The Morgan fingerprint density at radius 1 is 1.03 bits per heavy atom. The third-order valence-electron chi connectivity index (χ3n) is 6.11. The molecule has 3 aromatic carbocycles. The zero-order valence-electron chi connectivity index (χ0n) is 21.4. The van der Waals surface area contributed by atoms with Gasteiger partial charge in [0.05, 0.1) is 23.4 Å². The molecule has 0 aliphatic carbocycles. The Balaban J connectivity index is 1.73. The number of rotatable bonds is 7. The molecule has 0 aliphatic rings. The summed E-state index contributed by atoms with van der Waals surface area (Å²) in [6.45, 7) is 5.54. The number of aromatic amines is 1. The van der Waals surface area contributed by atoms with Crippen LogP contribution in [0.4, 0.5) is 11.4 Å².